The van der Waals surface area contributed by atoms with Crippen molar-refractivity contribution >= 4 is 5.91 Å². The molecule has 0 aliphatic carbocycles. The van der Waals surface area contributed by atoms with Crippen molar-refractivity contribution in [1.82, 2.24) is 5.32 Å². The van der Waals surface area contributed by atoms with Gasteiger partial charge in [-0.05, 0) is 17.7 Å². The van der Waals surface area contributed by atoms with Crippen LogP contribution in [0.4, 0.5) is 0 Å². The fraction of sp³-hybridized carbons (Fsp3) is 0.278. The molecule has 5 heteroatoms. The van der Waals surface area contributed by atoms with Crippen LogP contribution in [-0.4, -0.2) is 33.3 Å². The SMILES string of the molecule is COc1cccc(C(=O)NCCOCc2ccccc2)c1OC. The summed E-state index contributed by atoms with van der Waals surface area (Å²) in [6, 6.07) is 15.1. The molecule has 0 heterocycles. The Bertz CT molecular complexity index is 628. The fourth-order valence-corrected chi connectivity index (χ4v) is 2.16. The summed E-state index contributed by atoms with van der Waals surface area (Å²) in [4.78, 5) is 12.2. The maximum Gasteiger partial charge on any atom is 0.255 e. The first-order valence-electron chi connectivity index (χ1n) is 7.37. The number of methoxy groups -OCH3 is 2. The lowest BCUT2D eigenvalue weighted by molar-refractivity contribution is 0.0897. The third-order valence-corrected chi connectivity index (χ3v) is 3.29. The van der Waals surface area contributed by atoms with Crippen molar-refractivity contribution < 1.29 is 19.0 Å². The second-order valence-corrected chi connectivity index (χ2v) is 4.84. The Morgan fingerprint density at radius 1 is 1.00 bits per heavy atom. The summed E-state index contributed by atoms with van der Waals surface area (Å²) in [7, 11) is 3.05. The van der Waals surface area contributed by atoms with E-state index in [2.05, 4.69) is 5.32 Å². The first-order chi connectivity index (χ1) is 11.3. The molecule has 0 aliphatic heterocycles. The first-order valence-corrected chi connectivity index (χ1v) is 7.37. The van der Waals surface area contributed by atoms with Crippen LogP contribution in [0.15, 0.2) is 48.5 Å². The fourth-order valence-electron chi connectivity index (χ4n) is 2.16. The number of hydrogen-bond donors (Lipinski definition) is 1. The number of para-hydroxylation sites is 1. The van der Waals surface area contributed by atoms with E-state index in [1.165, 1.54) is 14.2 Å². The minimum atomic E-state index is -0.218. The van der Waals surface area contributed by atoms with Gasteiger partial charge in [-0.3, -0.25) is 4.79 Å². The molecule has 1 amide bonds. The summed E-state index contributed by atoms with van der Waals surface area (Å²) in [5, 5.41) is 2.81. The van der Waals surface area contributed by atoms with Crippen LogP contribution in [0.1, 0.15) is 15.9 Å². The molecular weight excluding hydrogens is 294 g/mol. The van der Waals surface area contributed by atoms with Crippen molar-refractivity contribution in [2.24, 2.45) is 0 Å². The summed E-state index contributed by atoms with van der Waals surface area (Å²) in [6.45, 7) is 1.39. The van der Waals surface area contributed by atoms with Gasteiger partial charge >= 0.3 is 0 Å². The van der Waals surface area contributed by atoms with Crippen LogP contribution in [0, 0.1) is 0 Å². The maximum atomic E-state index is 12.2. The molecule has 0 unspecified atom stereocenters. The molecular formula is C18H21NO4. The molecule has 0 aliphatic rings. The van der Waals surface area contributed by atoms with Gasteiger partial charge in [-0.2, -0.15) is 0 Å². The lowest BCUT2D eigenvalue weighted by Gasteiger charge is -2.12. The predicted octanol–water partition coefficient (Wildman–Crippen LogP) is 2.65. The van der Waals surface area contributed by atoms with Crippen LogP contribution in [0.3, 0.4) is 0 Å². The number of rotatable bonds is 8. The molecule has 0 atom stereocenters. The number of nitrogens with one attached hydrogen (secondary N) is 1. The Balaban J connectivity index is 1.81. The van der Waals surface area contributed by atoms with E-state index in [1.807, 2.05) is 30.3 Å². The topological polar surface area (TPSA) is 56.8 Å². The zero-order chi connectivity index (χ0) is 16.5. The number of hydrogen-bond acceptors (Lipinski definition) is 4. The molecule has 0 saturated carbocycles. The predicted molar refractivity (Wildman–Crippen MR) is 88.0 cm³/mol. The van der Waals surface area contributed by atoms with Crippen LogP contribution in [0.2, 0.25) is 0 Å². The molecule has 0 bridgehead atoms. The van der Waals surface area contributed by atoms with Gasteiger partial charge in [0.2, 0.25) is 0 Å². The van der Waals surface area contributed by atoms with Crippen LogP contribution in [0.5, 0.6) is 11.5 Å². The first kappa shape index (κ1) is 16.8. The van der Waals surface area contributed by atoms with E-state index in [-0.39, 0.29) is 5.91 Å². The van der Waals surface area contributed by atoms with Crippen molar-refractivity contribution in [2.45, 2.75) is 6.61 Å². The van der Waals surface area contributed by atoms with Gasteiger partial charge < -0.3 is 19.5 Å². The Morgan fingerprint density at radius 2 is 1.78 bits per heavy atom. The highest BCUT2D eigenvalue weighted by molar-refractivity contribution is 5.97. The van der Waals surface area contributed by atoms with Gasteiger partial charge in [0.25, 0.3) is 5.91 Å². The second-order valence-electron chi connectivity index (χ2n) is 4.84. The molecule has 2 aromatic carbocycles. The molecule has 0 spiro atoms. The Hall–Kier alpha value is -2.53. The smallest absolute Gasteiger partial charge is 0.255 e. The lowest BCUT2D eigenvalue weighted by atomic mass is 10.1. The number of carbonyl (C=O) groups excluding carboxylic acids is 1. The minimum absolute atomic E-state index is 0.218. The van der Waals surface area contributed by atoms with Crippen LogP contribution in [0.25, 0.3) is 0 Å². The van der Waals surface area contributed by atoms with Crippen LogP contribution < -0.4 is 14.8 Å². The van der Waals surface area contributed by atoms with Crippen molar-refractivity contribution in [3.05, 3.63) is 59.7 Å². The highest BCUT2D eigenvalue weighted by Crippen LogP contribution is 2.30. The highest BCUT2D eigenvalue weighted by Gasteiger charge is 2.15. The van der Waals surface area contributed by atoms with E-state index in [4.69, 9.17) is 14.2 Å². The summed E-state index contributed by atoms with van der Waals surface area (Å²) >= 11 is 0. The quantitative estimate of drug-likeness (QED) is 0.761. The summed E-state index contributed by atoms with van der Waals surface area (Å²) in [5.41, 5.74) is 1.54. The summed E-state index contributed by atoms with van der Waals surface area (Å²) in [6.07, 6.45) is 0. The standard InChI is InChI=1S/C18H21NO4/c1-21-16-10-6-9-15(17(16)22-2)18(20)19-11-12-23-13-14-7-4-3-5-8-14/h3-10H,11-13H2,1-2H3,(H,19,20). The number of ether oxygens (including phenoxy) is 3. The van der Waals surface area contributed by atoms with Gasteiger partial charge in [0.1, 0.15) is 0 Å². The molecule has 0 saturated heterocycles. The Labute approximate surface area is 136 Å². The molecule has 122 valence electrons. The molecule has 23 heavy (non-hydrogen) atoms. The second kappa shape index (κ2) is 8.80. The molecule has 2 aromatic rings. The van der Waals surface area contributed by atoms with Crippen molar-refractivity contribution in [2.75, 3.05) is 27.4 Å². The zero-order valence-corrected chi connectivity index (χ0v) is 13.4. The largest absolute Gasteiger partial charge is 0.493 e. The van der Waals surface area contributed by atoms with E-state index in [0.717, 1.165) is 5.56 Å². The average molecular weight is 315 g/mol. The van der Waals surface area contributed by atoms with Gasteiger partial charge in [-0.25, -0.2) is 0 Å². The van der Waals surface area contributed by atoms with Gasteiger partial charge in [0.05, 0.1) is 33.0 Å². The van der Waals surface area contributed by atoms with Gasteiger partial charge in [0, 0.05) is 6.54 Å². The maximum absolute atomic E-state index is 12.2. The third kappa shape index (κ3) is 4.72. The zero-order valence-electron chi connectivity index (χ0n) is 13.4. The van der Waals surface area contributed by atoms with Gasteiger partial charge in [0.15, 0.2) is 11.5 Å². The van der Waals surface area contributed by atoms with Gasteiger partial charge in [-0.1, -0.05) is 36.4 Å². The minimum Gasteiger partial charge on any atom is -0.493 e. The molecule has 0 aromatic heterocycles. The molecule has 0 fully saturated rings. The highest BCUT2D eigenvalue weighted by atomic mass is 16.5. The summed E-state index contributed by atoms with van der Waals surface area (Å²) in [5.74, 6) is 0.738. The van der Waals surface area contributed by atoms with E-state index < -0.39 is 0 Å². The molecule has 2 rings (SSSR count). The van der Waals surface area contributed by atoms with E-state index >= 15 is 0 Å². The average Bonchev–Trinajstić information content (AvgIpc) is 2.61. The lowest BCUT2D eigenvalue weighted by Crippen LogP contribution is -2.27. The summed E-state index contributed by atoms with van der Waals surface area (Å²) < 4.78 is 16.0. The van der Waals surface area contributed by atoms with E-state index in [1.54, 1.807) is 18.2 Å². The third-order valence-electron chi connectivity index (χ3n) is 3.29. The van der Waals surface area contributed by atoms with E-state index in [0.29, 0.717) is 36.8 Å². The van der Waals surface area contributed by atoms with Crippen LogP contribution in [-0.2, 0) is 11.3 Å². The molecule has 5 nitrogen and oxygen atoms in total. The van der Waals surface area contributed by atoms with Crippen molar-refractivity contribution in [3.63, 3.8) is 0 Å². The monoisotopic (exact) mass is 315 g/mol. The molecule has 1 N–H and O–H groups in total. The van der Waals surface area contributed by atoms with E-state index in [9.17, 15) is 4.79 Å². The Kier molecular flexibility index (Phi) is 6.44. The van der Waals surface area contributed by atoms with Crippen molar-refractivity contribution in [3.8, 4) is 11.5 Å². The normalized spacial score (nSPS) is 10.2. The number of benzene rings is 2. The number of carbonyl (C=O) groups is 1. The van der Waals surface area contributed by atoms with Crippen LogP contribution >= 0.6 is 0 Å². The Morgan fingerprint density at radius 3 is 2.48 bits per heavy atom. The number of amides is 1. The van der Waals surface area contributed by atoms with Gasteiger partial charge in [-0.15, -0.1) is 0 Å². The van der Waals surface area contributed by atoms with Crippen molar-refractivity contribution in [1.29, 1.82) is 0 Å². The molecule has 0 radical (unpaired) electrons.